The lowest BCUT2D eigenvalue weighted by molar-refractivity contribution is -0.132. The molecule has 72 valence electrons. The highest BCUT2D eigenvalue weighted by atomic mass is 32.1. The fourth-order valence-corrected chi connectivity index (χ4v) is 1.15. The molecule has 0 saturated carbocycles. The summed E-state index contributed by atoms with van der Waals surface area (Å²) >= 11 is 3.96. The van der Waals surface area contributed by atoms with Gasteiger partial charge < -0.3 is 10.0 Å². The summed E-state index contributed by atoms with van der Waals surface area (Å²) in [6, 6.07) is 0. The molecule has 0 aliphatic carbocycles. The van der Waals surface area contributed by atoms with Crippen LogP contribution in [-0.4, -0.2) is 40.9 Å². The summed E-state index contributed by atoms with van der Waals surface area (Å²) in [6.07, 6.45) is 0.426. The van der Waals surface area contributed by atoms with Crippen molar-refractivity contribution in [3.05, 3.63) is 0 Å². The van der Waals surface area contributed by atoms with E-state index in [0.717, 1.165) is 0 Å². The Bertz CT molecular complexity index is 154. The molecular formula is C8H17NO2S. The Hall–Kier alpha value is -0.220. The second kappa shape index (κ2) is 4.72. The van der Waals surface area contributed by atoms with Crippen LogP contribution in [0, 0.1) is 0 Å². The van der Waals surface area contributed by atoms with Crippen molar-refractivity contribution in [2.24, 2.45) is 0 Å². The van der Waals surface area contributed by atoms with Gasteiger partial charge in [-0.2, -0.15) is 12.6 Å². The average Bonchev–Trinajstić information content (AvgIpc) is 1.84. The maximum Gasteiger partial charge on any atom is 0.223 e. The monoisotopic (exact) mass is 191 g/mol. The van der Waals surface area contributed by atoms with Crippen molar-refractivity contribution in [2.75, 3.05) is 19.3 Å². The lowest BCUT2D eigenvalue weighted by Gasteiger charge is -2.25. The number of carbonyl (C=O) groups is 1. The molecule has 0 aromatic carbocycles. The molecule has 0 unspecified atom stereocenters. The van der Waals surface area contributed by atoms with Gasteiger partial charge in [-0.1, -0.05) is 0 Å². The first-order chi connectivity index (χ1) is 5.37. The summed E-state index contributed by atoms with van der Waals surface area (Å²) in [7, 11) is 1.68. The van der Waals surface area contributed by atoms with E-state index in [2.05, 4.69) is 12.6 Å². The van der Waals surface area contributed by atoms with Crippen molar-refractivity contribution < 1.29 is 9.90 Å². The summed E-state index contributed by atoms with van der Waals surface area (Å²) in [5.74, 6) is 0.571. The molecule has 4 heteroatoms. The Morgan fingerprint density at radius 3 is 2.42 bits per heavy atom. The van der Waals surface area contributed by atoms with Gasteiger partial charge in [-0.05, 0) is 19.6 Å². The molecule has 12 heavy (non-hydrogen) atoms. The summed E-state index contributed by atoms with van der Waals surface area (Å²) in [4.78, 5) is 12.7. The van der Waals surface area contributed by atoms with Gasteiger partial charge in [0.15, 0.2) is 0 Å². The molecule has 0 aliphatic rings. The van der Waals surface area contributed by atoms with Crippen LogP contribution in [0.5, 0.6) is 0 Å². The zero-order chi connectivity index (χ0) is 9.78. The molecule has 0 aromatic rings. The topological polar surface area (TPSA) is 40.5 Å². The Morgan fingerprint density at radius 2 is 2.08 bits per heavy atom. The van der Waals surface area contributed by atoms with Crippen LogP contribution in [0.3, 0.4) is 0 Å². The molecule has 0 aromatic heterocycles. The van der Waals surface area contributed by atoms with E-state index in [1.807, 2.05) is 0 Å². The number of aliphatic hydroxyl groups is 1. The first kappa shape index (κ1) is 11.8. The van der Waals surface area contributed by atoms with E-state index in [1.165, 1.54) is 4.90 Å². The van der Waals surface area contributed by atoms with Crippen LogP contribution >= 0.6 is 12.6 Å². The van der Waals surface area contributed by atoms with E-state index in [-0.39, 0.29) is 5.91 Å². The minimum atomic E-state index is -0.818. The predicted octanol–water partition coefficient (Wildman–Crippen LogP) is 0.536. The maximum atomic E-state index is 11.2. The van der Waals surface area contributed by atoms with Crippen molar-refractivity contribution >= 4 is 18.5 Å². The van der Waals surface area contributed by atoms with Crippen molar-refractivity contribution in [1.82, 2.24) is 4.90 Å². The first-order valence-electron chi connectivity index (χ1n) is 3.94. The van der Waals surface area contributed by atoms with E-state index in [1.54, 1.807) is 20.9 Å². The van der Waals surface area contributed by atoms with Gasteiger partial charge in [-0.15, -0.1) is 0 Å². The third-order valence-electron chi connectivity index (χ3n) is 1.38. The van der Waals surface area contributed by atoms with Crippen molar-refractivity contribution in [3.63, 3.8) is 0 Å². The fourth-order valence-electron chi connectivity index (χ4n) is 0.955. The SMILES string of the molecule is CN(CC(C)(C)O)C(=O)CCS. The number of nitrogens with zero attached hydrogens (tertiary/aromatic N) is 1. The fraction of sp³-hybridized carbons (Fsp3) is 0.875. The van der Waals surface area contributed by atoms with Crippen LogP contribution in [-0.2, 0) is 4.79 Å². The Balaban J connectivity index is 3.87. The van der Waals surface area contributed by atoms with Crippen molar-refractivity contribution in [3.8, 4) is 0 Å². The van der Waals surface area contributed by atoms with E-state index < -0.39 is 5.60 Å². The standard InChI is InChI=1S/C8H17NO2S/c1-8(2,11)6-9(3)7(10)4-5-12/h11-12H,4-6H2,1-3H3. The lowest BCUT2D eigenvalue weighted by Crippen LogP contribution is -2.39. The van der Waals surface area contributed by atoms with Gasteiger partial charge in [0.1, 0.15) is 0 Å². The zero-order valence-electron chi connectivity index (χ0n) is 7.87. The number of hydrogen-bond donors (Lipinski definition) is 2. The smallest absolute Gasteiger partial charge is 0.223 e. The number of amides is 1. The molecule has 0 saturated heterocycles. The molecule has 3 nitrogen and oxygen atoms in total. The Morgan fingerprint density at radius 1 is 1.58 bits per heavy atom. The molecule has 0 heterocycles. The molecule has 0 rings (SSSR count). The minimum Gasteiger partial charge on any atom is -0.389 e. The molecule has 0 atom stereocenters. The van der Waals surface area contributed by atoms with Gasteiger partial charge >= 0.3 is 0 Å². The average molecular weight is 191 g/mol. The normalized spacial score (nSPS) is 11.4. The summed E-state index contributed by atoms with van der Waals surface area (Å²) in [5, 5.41) is 9.39. The number of rotatable bonds is 4. The largest absolute Gasteiger partial charge is 0.389 e. The minimum absolute atomic E-state index is 0.0205. The highest BCUT2D eigenvalue weighted by Gasteiger charge is 2.18. The molecule has 0 spiro atoms. The van der Waals surface area contributed by atoms with Gasteiger partial charge in [0.05, 0.1) is 5.60 Å². The highest BCUT2D eigenvalue weighted by molar-refractivity contribution is 7.80. The number of hydrogen-bond acceptors (Lipinski definition) is 3. The van der Waals surface area contributed by atoms with Crippen LogP contribution in [0.1, 0.15) is 20.3 Å². The maximum absolute atomic E-state index is 11.2. The van der Waals surface area contributed by atoms with E-state index in [0.29, 0.717) is 18.7 Å². The lowest BCUT2D eigenvalue weighted by atomic mass is 10.1. The molecular weight excluding hydrogens is 174 g/mol. The predicted molar refractivity (Wildman–Crippen MR) is 52.4 cm³/mol. The van der Waals surface area contributed by atoms with Crippen molar-refractivity contribution in [2.45, 2.75) is 25.9 Å². The molecule has 0 fully saturated rings. The van der Waals surface area contributed by atoms with Gasteiger partial charge in [0.25, 0.3) is 0 Å². The molecule has 1 amide bonds. The van der Waals surface area contributed by atoms with E-state index >= 15 is 0 Å². The molecule has 0 bridgehead atoms. The number of likely N-dealkylation sites (N-methyl/N-ethyl adjacent to an activating group) is 1. The van der Waals surface area contributed by atoms with E-state index in [9.17, 15) is 9.90 Å². The third-order valence-corrected chi connectivity index (χ3v) is 1.60. The van der Waals surface area contributed by atoms with Crippen LogP contribution in [0.4, 0.5) is 0 Å². The van der Waals surface area contributed by atoms with Crippen LogP contribution < -0.4 is 0 Å². The van der Waals surface area contributed by atoms with Crippen LogP contribution in [0.25, 0.3) is 0 Å². The van der Waals surface area contributed by atoms with Crippen molar-refractivity contribution in [1.29, 1.82) is 0 Å². The number of carbonyl (C=O) groups excluding carboxylic acids is 1. The Labute approximate surface area is 79.2 Å². The summed E-state index contributed by atoms with van der Waals surface area (Å²) < 4.78 is 0. The highest BCUT2D eigenvalue weighted by Crippen LogP contribution is 2.04. The quantitative estimate of drug-likeness (QED) is 0.637. The van der Waals surface area contributed by atoms with Crippen LogP contribution in [0.2, 0.25) is 0 Å². The van der Waals surface area contributed by atoms with Gasteiger partial charge in [-0.25, -0.2) is 0 Å². The second-order valence-corrected chi connectivity index (χ2v) is 3.98. The van der Waals surface area contributed by atoms with Gasteiger partial charge in [0, 0.05) is 20.0 Å². The van der Waals surface area contributed by atoms with E-state index in [4.69, 9.17) is 0 Å². The molecule has 0 aliphatic heterocycles. The zero-order valence-corrected chi connectivity index (χ0v) is 8.77. The van der Waals surface area contributed by atoms with Gasteiger partial charge in [0.2, 0.25) is 5.91 Å². The molecule has 1 N–H and O–H groups in total. The second-order valence-electron chi connectivity index (χ2n) is 3.54. The Kier molecular flexibility index (Phi) is 4.63. The molecule has 0 radical (unpaired) electrons. The summed E-state index contributed by atoms with van der Waals surface area (Å²) in [5.41, 5.74) is -0.818. The third kappa shape index (κ3) is 5.43. The van der Waals surface area contributed by atoms with Crippen LogP contribution in [0.15, 0.2) is 0 Å². The first-order valence-corrected chi connectivity index (χ1v) is 4.57. The summed E-state index contributed by atoms with van der Waals surface area (Å²) in [6.45, 7) is 3.72. The van der Waals surface area contributed by atoms with Gasteiger partial charge in [-0.3, -0.25) is 4.79 Å². The number of thiol groups is 1.